The summed E-state index contributed by atoms with van der Waals surface area (Å²) in [5.41, 5.74) is 1.20. The Morgan fingerprint density at radius 3 is 2.88 bits per heavy atom. The fraction of sp³-hybridized carbons (Fsp3) is 0.200. The predicted octanol–water partition coefficient (Wildman–Crippen LogP) is 4.00. The summed E-state index contributed by atoms with van der Waals surface area (Å²) in [5.74, 6) is -0.192. The van der Waals surface area contributed by atoms with Crippen LogP contribution in [-0.2, 0) is 4.79 Å². The number of hydrogen-bond donors (Lipinski definition) is 1. The van der Waals surface area contributed by atoms with E-state index < -0.39 is 4.92 Å². The molecule has 3 aromatic rings. The first-order valence-electron chi connectivity index (χ1n) is 7.40. The topological polar surface area (TPSA) is 111 Å². The lowest BCUT2D eigenvalue weighted by molar-refractivity contribution is -0.384. The van der Waals surface area contributed by atoms with Crippen molar-refractivity contribution in [2.75, 3.05) is 5.32 Å². The van der Waals surface area contributed by atoms with E-state index in [0.717, 1.165) is 9.35 Å². The van der Waals surface area contributed by atoms with Gasteiger partial charge in [-0.1, -0.05) is 35.2 Å². The van der Waals surface area contributed by atoms with E-state index in [4.69, 9.17) is 0 Å². The maximum Gasteiger partial charge on any atom is 0.270 e. The molecule has 0 saturated heterocycles. The highest BCUT2D eigenvalue weighted by molar-refractivity contribution is 8.02. The smallest absolute Gasteiger partial charge is 0.270 e. The van der Waals surface area contributed by atoms with Gasteiger partial charge in [0.2, 0.25) is 5.91 Å². The van der Waals surface area contributed by atoms with Gasteiger partial charge >= 0.3 is 0 Å². The van der Waals surface area contributed by atoms with Crippen LogP contribution < -0.4 is 5.32 Å². The maximum atomic E-state index is 12.3. The van der Waals surface area contributed by atoms with Crippen LogP contribution in [0, 0.1) is 17.0 Å². The van der Waals surface area contributed by atoms with E-state index in [1.165, 1.54) is 46.6 Å². The van der Waals surface area contributed by atoms with Crippen molar-refractivity contribution in [2.24, 2.45) is 0 Å². The molecule has 1 aromatic carbocycles. The fourth-order valence-electron chi connectivity index (χ4n) is 1.98. The molecule has 11 heteroatoms. The fourth-order valence-corrected chi connectivity index (χ4v) is 4.66. The average molecular weight is 408 g/mol. The van der Waals surface area contributed by atoms with Gasteiger partial charge in [0.05, 0.1) is 15.9 Å². The zero-order valence-electron chi connectivity index (χ0n) is 13.7. The normalized spacial score (nSPS) is 11.9. The second-order valence-corrected chi connectivity index (χ2v) is 8.81. The number of hydrogen-bond acceptors (Lipinski definition) is 9. The van der Waals surface area contributed by atoms with Gasteiger partial charge in [-0.2, -0.15) is 0 Å². The van der Waals surface area contributed by atoms with Gasteiger partial charge in [0.15, 0.2) is 9.47 Å². The number of nitro benzene ring substituents is 1. The summed E-state index contributed by atoms with van der Waals surface area (Å²) in [4.78, 5) is 27.1. The Balaban J connectivity index is 1.67. The summed E-state index contributed by atoms with van der Waals surface area (Å²) < 4.78 is 0.738. The van der Waals surface area contributed by atoms with Crippen molar-refractivity contribution in [3.8, 4) is 11.3 Å². The van der Waals surface area contributed by atoms with Crippen molar-refractivity contribution in [1.82, 2.24) is 15.2 Å². The highest BCUT2D eigenvalue weighted by atomic mass is 32.2. The number of aromatic nitrogens is 3. The molecule has 8 nitrogen and oxygen atoms in total. The highest BCUT2D eigenvalue weighted by Gasteiger charge is 2.18. The SMILES string of the molecule is Cc1nnc(S[C@@H](C)C(=O)Nc2nc(-c3cccc([N+](=O)[O-])c3)cs2)s1. The number of rotatable bonds is 6. The molecule has 0 radical (unpaired) electrons. The average Bonchev–Trinajstić information content (AvgIpc) is 3.24. The third kappa shape index (κ3) is 4.42. The van der Waals surface area contributed by atoms with E-state index in [-0.39, 0.29) is 16.8 Å². The molecule has 134 valence electrons. The summed E-state index contributed by atoms with van der Waals surface area (Å²) in [6.07, 6.45) is 0. The standard InChI is InChI=1S/C15H13N5O3S3/c1-8(25-15-19-18-9(2)26-15)13(21)17-14-16-12(7-24-14)10-4-3-5-11(6-10)20(22)23/h3-8H,1-2H3,(H,16,17,21)/t8-/m0/s1. The number of aryl methyl sites for hydroxylation is 1. The van der Waals surface area contributed by atoms with Gasteiger partial charge in [0.25, 0.3) is 5.69 Å². The molecule has 26 heavy (non-hydrogen) atoms. The van der Waals surface area contributed by atoms with Crippen LogP contribution >= 0.6 is 34.4 Å². The Kier molecular flexibility index (Phi) is 5.59. The zero-order chi connectivity index (χ0) is 18.7. The van der Waals surface area contributed by atoms with Gasteiger partial charge < -0.3 is 5.32 Å². The van der Waals surface area contributed by atoms with Crippen molar-refractivity contribution >= 4 is 51.2 Å². The molecular weight excluding hydrogens is 394 g/mol. The van der Waals surface area contributed by atoms with E-state index in [1.807, 2.05) is 6.92 Å². The van der Waals surface area contributed by atoms with Crippen LogP contribution in [0.4, 0.5) is 10.8 Å². The number of nitrogens with zero attached hydrogens (tertiary/aromatic N) is 4. The van der Waals surface area contributed by atoms with Crippen LogP contribution in [-0.4, -0.2) is 31.3 Å². The second-order valence-electron chi connectivity index (χ2n) is 5.18. The molecule has 2 aromatic heterocycles. The number of anilines is 1. The van der Waals surface area contributed by atoms with Gasteiger partial charge in [0, 0.05) is 23.1 Å². The largest absolute Gasteiger partial charge is 0.301 e. The molecule has 0 fully saturated rings. The first-order valence-corrected chi connectivity index (χ1v) is 9.98. The van der Waals surface area contributed by atoms with Crippen molar-refractivity contribution in [2.45, 2.75) is 23.4 Å². The molecule has 2 heterocycles. The quantitative estimate of drug-likeness (QED) is 0.373. The van der Waals surface area contributed by atoms with Crippen LogP contribution in [0.3, 0.4) is 0 Å². The number of nitro groups is 1. The number of nitrogens with one attached hydrogen (secondary N) is 1. The Morgan fingerprint density at radius 1 is 1.38 bits per heavy atom. The number of non-ortho nitro benzene ring substituents is 1. The van der Waals surface area contributed by atoms with E-state index in [1.54, 1.807) is 24.4 Å². The summed E-state index contributed by atoms with van der Waals surface area (Å²) in [6.45, 7) is 3.64. The molecule has 0 spiro atoms. The van der Waals surface area contributed by atoms with E-state index in [0.29, 0.717) is 16.4 Å². The van der Waals surface area contributed by atoms with Crippen molar-refractivity contribution in [1.29, 1.82) is 0 Å². The minimum atomic E-state index is -0.452. The molecule has 0 aliphatic heterocycles. The van der Waals surface area contributed by atoms with Crippen LogP contribution in [0.1, 0.15) is 11.9 Å². The van der Waals surface area contributed by atoms with Crippen LogP contribution in [0.5, 0.6) is 0 Å². The molecule has 0 aliphatic carbocycles. The van der Waals surface area contributed by atoms with Gasteiger partial charge in [-0.05, 0) is 13.8 Å². The number of thioether (sulfide) groups is 1. The van der Waals surface area contributed by atoms with Gasteiger partial charge in [-0.3, -0.25) is 14.9 Å². The Hall–Kier alpha value is -2.37. The Morgan fingerprint density at radius 2 is 2.19 bits per heavy atom. The Bertz CT molecular complexity index is 955. The summed E-state index contributed by atoms with van der Waals surface area (Å²) in [5, 5.41) is 24.3. The minimum absolute atomic E-state index is 0.00143. The van der Waals surface area contributed by atoms with Crippen molar-refractivity contribution < 1.29 is 9.72 Å². The van der Waals surface area contributed by atoms with E-state index in [2.05, 4.69) is 20.5 Å². The summed E-state index contributed by atoms with van der Waals surface area (Å²) in [7, 11) is 0. The first kappa shape index (κ1) is 18.4. The van der Waals surface area contributed by atoms with Crippen molar-refractivity contribution in [3.63, 3.8) is 0 Å². The number of carbonyl (C=O) groups is 1. The second kappa shape index (κ2) is 7.89. The number of thiazole rings is 1. The third-order valence-corrected chi connectivity index (χ3v) is 6.02. The molecule has 1 N–H and O–H groups in total. The molecule has 0 saturated carbocycles. The van der Waals surface area contributed by atoms with Gasteiger partial charge in [-0.25, -0.2) is 4.98 Å². The van der Waals surface area contributed by atoms with Gasteiger partial charge in [0.1, 0.15) is 5.01 Å². The number of benzene rings is 1. The Labute approximate surface area is 160 Å². The molecular formula is C15H13N5O3S3. The molecule has 1 atom stereocenters. The van der Waals surface area contributed by atoms with Crippen molar-refractivity contribution in [3.05, 3.63) is 44.8 Å². The van der Waals surface area contributed by atoms with E-state index >= 15 is 0 Å². The minimum Gasteiger partial charge on any atom is -0.301 e. The van der Waals surface area contributed by atoms with Crippen LogP contribution in [0.2, 0.25) is 0 Å². The zero-order valence-corrected chi connectivity index (χ0v) is 16.2. The molecule has 0 unspecified atom stereocenters. The summed E-state index contributed by atoms with van der Waals surface area (Å²) in [6, 6.07) is 6.22. The lowest BCUT2D eigenvalue weighted by atomic mass is 10.1. The molecule has 3 rings (SSSR count). The molecule has 0 aliphatic rings. The lowest BCUT2D eigenvalue weighted by Gasteiger charge is -2.07. The highest BCUT2D eigenvalue weighted by Crippen LogP contribution is 2.29. The van der Waals surface area contributed by atoms with E-state index in [9.17, 15) is 14.9 Å². The number of carbonyl (C=O) groups excluding carboxylic acids is 1. The third-order valence-electron chi connectivity index (χ3n) is 3.24. The van der Waals surface area contributed by atoms with Gasteiger partial charge in [-0.15, -0.1) is 21.5 Å². The molecule has 0 bridgehead atoms. The van der Waals surface area contributed by atoms with Crippen LogP contribution in [0.25, 0.3) is 11.3 Å². The summed E-state index contributed by atoms with van der Waals surface area (Å²) >= 11 is 4.04. The van der Waals surface area contributed by atoms with Crippen LogP contribution in [0.15, 0.2) is 34.0 Å². The predicted molar refractivity (Wildman–Crippen MR) is 103 cm³/mol. The maximum absolute atomic E-state index is 12.3. The number of amides is 1. The molecule has 1 amide bonds. The monoisotopic (exact) mass is 407 g/mol. The lowest BCUT2D eigenvalue weighted by Crippen LogP contribution is -2.22. The first-order chi connectivity index (χ1) is 12.4.